The Balaban J connectivity index is 1.94. The molecule has 0 saturated heterocycles. The molecule has 3 N–H and O–H groups in total. The second kappa shape index (κ2) is 6.98. The van der Waals surface area contributed by atoms with Crippen LogP contribution in [0.15, 0.2) is 54.6 Å². The normalized spacial score (nSPS) is 12.9. The molecule has 0 fully saturated rings. The maximum absolute atomic E-state index is 12.9. The molecule has 0 radical (unpaired) electrons. The van der Waals surface area contributed by atoms with Gasteiger partial charge in [0.2, 0.25) is 5.91 Å². The lowest BCUT2D eigenvalue weighted by molar-refractivity contribution is -0.118. The van der Waals surface area contributed by atoms with Crippen LogP contribution in [0.25, 0.3) is 32.9 Å². The van der Waals surface area contributed by atoms with Gasteiger partial charge in [0, 0.05) is 29.3 Å². The summed E-state index contributed by atoms with van der Waals surface area (Å²) >= 11 is 0. The molecule has 0 atom stereocenters. The number of rotatable bonds is 5. The molecule has 7 heteroatoms. The molecule has 31 heavy (non-hydrogen) atoms. The van der Waals surface area contributed by atoms with E-state index in [0.29, 0.717) is 34.4 Å². The van der Waals surface area contributed by atoms with Crippen molar-refractivity contribution < 1.29 is 19.1 Å². The highest BCUT2D eigenvalue weighted by Crippen LogP contribution is 2.41. The molecule has 0 spiro atoms. The van der Waals surface area contributed by atoms with Gasteiger partial charge < -0.3 is 15.0 Å². The largest absolute Gasteiger partial charge is 0.497 e. The molecule has 7 nitrogen and oxygen atoms in total. The minimum atomic E-state index is -0.431. The zero-order valence-corrected chi connectivity index (χ0v) is 16.8. The fourth-order valence-electron chi connectivity index (χ4n) is 4.36. The van der Waals surface area contributed by atoms with E-state index in [1.165, 1.54) is 0 Å². The van der Waals surface area contributed by atoms with E-state index in [0.717, 1.165) is 22.0 Å². The molecular weight excluding hydrogens is 394 g/mol. The van der Waals surface area contributed by atoms with Crippen molar-refractivity contribution in [1.29, 1.82) is 0 Å². The van der Waals surface area contributed by atoms with Gasteiger partial charge in [-0.25, -0.2) is 0 Å². The standard InChI is InChI=1S/C24H19N3O4/c1-31-14-7-8-17-16(11-14)20-18(27(17)10-9-19(25)28)12-15(13-5-3-2-4-6-13)21-22(20)24(30)26-23(21)29/h2-8,11-12H,9-10H2,1H3,(H2,25,28)(H,26,29,30). The molecule has 1 aliphatic rings. The first kappa shape index (κ1) is 18.9. The minimum absolute atomic E-state index is 0.147. The number of aromatic nitrogens is 1. The third-order valence-electron chi connectivity index (χ3n) is 5.71. The molecule has 3 amide bonds. The first-order valence-electron chi connectivity index (χ1n) is 9.86. The summed E-state index contributed by atoms with van der Waals surface area (Å²) < 4.78 is 7.36. The summed E-state index contributed by atoms with van der Waals surface area (Å²) in [6.07, 6.45) is 0.147. The van der Waals surface area contributed by atoms with Crippen molar-refractivity contribution in [2.75, 3.05) is 7.11 Å². The number of carbonyl (C=O) groups is 3. The number of aryl methyl sites for hydroxylation is 1. The number of nitrogens with one attached hydrogen (secondary N) is 1. The fraction of sp³-hybridized carbons (Fsp3) is 0.125. The van der Waals surface area contributed by atoms with Crippen LogP contribution in [0, 0.1) is 0 Å². The van der Waals surface area contributed by atoms with E-state index < -0.39 is 17.7 Å². The molecule has 154 valence electrons. The first-order valence-corrected chi connectivity index (χ1v) is 9.86. The number of primary amides is 1. The average Bonchev–Trinajstić information content (AvgIpc) is 3.25. The molecule has 0 saturated carbocycles. The zero-order valence-electron chi connectivity index (χ0n) is 16.8. The maximum Gasteiger partial charge on any atom is 0.259 e. The number of hydrogen-bond acceptors (Lipinski definition) is 4. The lowest BCUT2D eigenvalue weighted by Crippen LogP contribution is -2.20. The topological polar surface area (TPSA) is 103 Å². The van der Waals surface area contributed by atoms with Gasteiger partial charge in [-0.05, 0) is 35.4 Å². The Morgan fingerprint density at radius 1 is 1.00 bits per heavy atom. The highest BCUT2D eigenvalue weighted by Gasteiger charge is 2.34. The van der Waals surface area contributed by atoms with Gasteiger partial charge in [0.05, 0.1) is 23.8 Å². The second-order valence-electron chi connectivity index (χ2n) is 7.47. The van der Waals surface area contributed by atoms with E-state index in [9.17, 15) is 14.4 Å². The Morgan fingerprint density at radius 3 is 2.45 bits per heavy atom. The quantitative estimate of drug-likeness (QED) is 0.490. The van der Waals surface area contributed by atoms with Crippen LogP contribution in [0.4, 0.5) is 0 Å². The number of amides is 3. The predicted octanol–water partition coefficient (Wildman–Crippen LogP) is 3.23. The smallest absolute Gasteiger partial charge is 0.259 e. The van der Waals surface area contributed by atoms with Gasteiger partial charge in [0.15, 0.2) is 0 Å². The Labute approximate surface area is 177 Å². The monoisotopic (exact) mass is 413 g/mol. The van der Waals surface area contributed by atoms with E-state index >= 15 is 0 Å². The molecule has 4 aromatic rings. The Bertz CT molecular complexity index is 1400. The molecule has 2 heterocycles. The van der Waals surface area contributed by atoms with Gasteiger partial charge in [-0.2, -0.15) is 0 Å². The number of imide groups is 1. The minimum Gasteiger partial charge on any atom is -0.497 e. The number of nitrogens with two attached hydrogens (primary N) is 1. The third kappa shape index (κ3) is 2.85. The van der Waals surface area contributed by atoms with Crippen molar-refractivity contribution in [3.05, 3.63) is 65.7 Å². The van der Waals surface area contributed by atoms with Gasteiger partial charge >= 0.3 is 0 Å². The van der Waals surface area contributed by atoms with Crippen molar-refractivity contribution in [3.8, 4) is 16.9 Å². The van der Waals surface area contributed by atoms with Crippen LogP contribution >= 0.6 is 0 Å². The Morgan fingerprint density at radius 2 is 1.74 bits per heavy atom. The van der Waals surface area contributed by atoms with Crippen LogP contribution in [0.1, 0.15) is 27.1 Å². The molecule has 0 bridgehead atoms. The predicted molar refractivity (Wildman–Crippen MR) is 117 cm³/mol. The number of nitrogens with zero attached hydrogens (tertiary/aromatic N) is 1. The number of hydrogen-bond donors (Lipinski definition) is 2. The van der Waals surface area contributed by atoms with Crippen molar-refractivity contribution in [2.45, 2.75) is 13.0 Å². The molecule has 0 aliphatic carbocycles. The lowest BCUT2D eigenvalue weighted by atomic mass is 9.93. The SMILES string of the molecule is COc1ccc2c(c1)c1c3c(c(-c4ccccc4)cc1n2CCC(N)=O)C(=O)NC3=O. The van der Waals surface area contributed by atoms with Crippen molar-refractivity contribution in [1.82, 2.24) is 9.88 Å². The van der Waals surface area contributed by atoms with Gasteiger partial charge in [0.25, 0.3) is 11.8 Å². The van der Waals surface area contributed by atoms with Crippen LogP contribution < -0.4 is 15.8 Å². The van der Waals surface area contributed by atoms with Crippen LogP contribution in [0.2, 0.25) is 0 Å². The number of fused-ring (bicyclic) bond motifs is 5. The van der Waals surface area contributed by atoms with Crippen LogP contribution in [0.5, 0.6) is 5.75 Å². The summed E-state index contributed by atoms with van der Waals surface area (Å²) in [5.41, 5.74) is 9.20. The molecule has 1 aliphatic heterocycles. The molecule has 3 aromatic carbocycles. The van der Waals surface area contributed by atoms with Gasteiger partial charge in [0.1, 0.15) is 5.75 Å². The zero-order chi connectivity index (χ0) is 21.7. The van der Waals surface area contributed by atoms with Crippen LogP contribution in [0.3, 0.4) is 0 Å². The fourth-order valence-corrected chi connectivity index (χ4v) is 4.36. The van der Waals surface area contributed by atoms with Crippen molar-refractivity contribution in [3.63, 3.8) is 0 Å². The number of benzene rings is 3. The number of methoxy groups -OCH3 is 1. The van der Waals surface area contributed by atoms with Gasteiger partial charge in [-0.3, -0.25) is 19.7 Å². The highest BCUT2D eigenvalue weighted by atomic mass is 16.5. The maximum atomic E-state index is 12.9. The molecule has 1 aromatic heterocycles. The third-order valence-corrected chi connectivity index (χ3v) is 5.71. The molecule has 0 unspecified atom stereocenters. The number of carbonyl (C=O) groups excluding carboxylic acids is 3. The van der Waals surface area contributed by atoms with Gasteiger partial charge in [-0.1, -0.05) is 30.3 Å². The summed E-state index contributed by atoms with van der Waals surface area (Å²) in [5.74, 6) is -0.630. The van der Waals surface area contributed by atoms with E-state index in [1.54, 1.807) is 7.11 Å². The average molecular weight is 413 g/mol. The Kier molecular flexibility index (Phi) is 4.25. The summed E-state index contributed by atoms with van der Waals surface area (Å²) in [5, 5.41) is 3.89. The van der Waals surface area contributed by atoms with E-state index in [1.807, 2.05) is 59.2 Å². The van der Waals surface area contributed by atoms with Gasteiger partial charge in [-0.15, -0.1) is 0 Å². The molecule has 5 rings (SSSR count). The summed E-state index contributed by atoms with van der Waals surface area (Å²) in [6.45, 7) is 0.351. The van der Waals surface area contributed by atoms with Crippen molar-refractivity contribution >= 4 is 39.5 Å². The summed E-state index contributed by atoms with van der Waals surface area (Å²) in [6, 6.07) is 16.9. The Hall–Kier alpha value is -4.13. The van der Waals surface area contributed by atoms with Crippen LogP contribution in [-0.2, 0) is 11.3 Å². The molecular formula is C24H19N3O4. The summed E-state index contributed by atoms with van der Waals surface area (Å²) in [4.78, 5) is 37.2. The van der Waals surface area contributed by atoms with Crippen LogP contribution in [-0.4, -0.2) is 29.4 Å². The van der Waals surface area contributed by atoms with Crippen molar-refractivity contribution in [2.24, 2.45) is 5.73 Å². The first-order chi connectivity index (χ1) is 15.0. The number of ether oxygens (including phenoxy) is 1. The van der Waals surface area contributed by atoms with E-state index in [2.05, 4.69) is 5.32 Å². The second-order valence-corrected chi connectivity index (χ2v) is 7.47. The van der Waals surface area contributed by atoms with E-state index in [-0.39, 0.29) is 6.42 Å². The lowest BCUT2D eigenvalue weighted by Gasteiger charge is -2.11. The highest BCUT2D eigenvalue weighted by molar-refractivity contribution is 6.32. The summed E-state index contributed by atoms with van der Waals surface area (Å²) in [7, 11) is 1.57. The van der Waals surface area contributed by atoms with E-state index in [4.69, 9.17) is 10.5 Å².